The third-order valence-corrected chi connectivity index (χ3v) is 5.83. The maximum Gasteiger partial charge on any atom is 0.433 e. The van der Waals surface area contributed by atoms with Crippen LogP contribution < -0.4 is 5.69 Å². The molecule has 1 heterocycles. The summed E-state index contributed by atoms with van der Waals surface area (Å²) in [4.78, 5) is 24.6. The first-order valence-corrected chi connectivity index (χ1v) is 11.5. The fraction of sp³-hybridized carbons (Fsp3) is 0.385. The van der Waals surface area contributed by atoms with E-state index < -0.39 is 23.5 Å². The number of unbranched alkanes of at least 4 members (excludes halogenated alkanes) is 2. The molecular weight excluding hydrogens is 445 g/mol. The SMILES string of the molecule is CCCCCn1c(C(F)(F)F)c(CCC)n(Cc2ccc(-c3ccccc3C(=O)O)cc2)c1=O. The van der Waals surface area contributed by atoms with Gasteiger partial charge in [0, 0.05) is 6.54 Å². The largest absolute Gasteiger partial charge is 0.478 e. The van der Waals surface area contributed by atoms with Gasteiger partial charge in [-0.1, -0.05) is 75.6 Å². The van der Waals surface area contributed by atoms with Crippen molar-refractivity contribution in [2.24, 2.45) is 0 Å². The van der Waals surface area contributed by atoms with Gasteiger partial charge in [-0.15, -0.1) is 0 Å². The van der Waals surface area contributed by atoms with Crippen molar-refractivity contribution in [2.45, 2.75) is 65.2 Å². The highest BCUT2D eigenvalue weighted by atomic mass is 19.4. The number of aromatic nitrogens is 2. The molecule has 0 aliphatic carbocycles. The fourth-order valence-electron chi connectivity index (χ4n) is 4.23. The summed E-state index contributed by atoms with van der Waals surface area (Å²) in [6.07, 6.45) is -1.90. The Morgan fingerprint density at radius 1 is 0.941 bits per heavy atom. The van der Waals surface area contributed by atoms with Gasteiger partial charge in [0.25, 0.3) is 0 Å². The van der Waals surface area contributed by atoms with Crippen LogP contribution in [0.15, 0.2) is 53.3 Å². The van der Waals surface area contributed by atoms with Crippen LogP contribution in [0.1, 0.15) is 66.8 Å². The monoisotopic (exact) mass is 474 g/mol. The highest BCUT2D eigenvalue weighted by Gasteiger charge is 2.40. The van der Waals surface area contributed by atoms with Crippen LogP contribution in [0.3, 0.4) is 0 Å². The van der Waals surface area contributed by atoms with Crippen LogP contribution in [0, 0.1) is 0 Å². The number of alkyl halides is 3. The minimum absolute atomic E-state index is 0.0109. The molecule has 182 valence electrons. The number of rotatable bonds is 10. The number of imidazole rings is 1. The van der Waals surface area contributed by atoms with Crippen molar-refractivity contribution in [1.29, 1.82) is 0 Å². The highest BCUT2D eigenvalue weighted by molar-refractivity contribution is 5.95. The van der Waals surface area contributed by atoms with Crippen LogP contribution in [-0.4, -0.2) is 20.2 Å². The predicted octanol–water partition coefficient (Wildman–Crippen LogP) is 6.22. The molecule has 3 rings (SSSR count). The third-order valence-electron chi connectivity index (χ3n) is 5.83. The lowest BCUT2D eigenvalue weighted by Crippen LogP contribution is -2.27. The van der Waals surface area contributed by atoms with E-state index >= 15 is 0 Å². The van der Waals surface area contributed by atoms with E-state index in [-0.39, 0.29) is 30.8 Å². The summed E-state index contributed by atoms with van der Waals surface area (Å²) in [5.41, 5.74) is 0.570. The topological polar surface area (TPSA) is 64.2 Å². The number of nitrogens with zero attached hydrogens (tertiary/aromatic N) is 2. The molecule has 34 heavy (non-hydrogen) atoms. The molecule has 3 aromatic rings. The average molecular weight is 475 g/mol. The Labute approximate surface area is 196 Å². The smallest absolute Gasteiger partial charge is 0.433 e. The second kappa shape index (κ2) is 10.8. The molecular formula is C26H29F3N2O3. The number of carboxylic acid groups (broad SMARTS) is 1. The van der Waals surface area contributed by atoms with Gasteiger partial charge in [0.15, 0.2) is 0 Å². The number of carbonyl (C=O) groups is 1. The van der Waals surface area contributed by atoms with E-state index in [2.05, 4.69) is 0 Å². The summed E-state index contributed by atoms with van der Waals surface area (Å²) in [6, 6.07) is 13.5. The van der Waals surface area contributed by atoms with Crippen LogP contribution in [0.25, 0.3) is 11.1 Å². The zero-order valence-corrected chi connectivity index (χ0v) is 19.4. The molecule has 1 aromatic heterocycles. The molecule has 0 saturated heterocycles. The quantitative estimate of drug-likeness (QED) is 0.355. The van der Waals surface area contributed by atoms with E-state index in [9.17, 15) is 27.9 Å². The van der Waals surface area contributed by atoms with E-state index in [1.165, 1.54) is 10.6 Å². The minimum atomic E-state index is -4.62. The van der Waals surface area contributed by atoms with Crippen LogP contribution in [0.2, 0.25) is 0 Å². The second-order valence-electron chi connectivity index (χ2n) is 8.32. The first-order chi connectivity index (χ1) is 16.2. The number of aromatic carboxylic acids is 1. The van der Waals surface area contributed by atoms with Crippen LogP contribution >= 0.6 is 0 Å². The Kier molecular flexibility index (Phi) is 8.02. The van der Waals surface area contributed by atoms with Gasteiger partial charge in [-0.05, 0) is 35.6 Å². The predicted molar refractivity (Wildman–Crippen MR) is 125 cm³/mol. The lowest BCUT2D eigenvalue weighted by atomic mass is 9.99. The van der Waals surface area contributed by atoms with E-state index in [0.717, 1.165) is 17.4 Å². The zero-order chi connectivity index (χ0) is 24.9. The molecule has 0 bridgehead atoms. The van der Waals surface area contributed by atoms with Crippen molar-refractivity contribution in [2.75, 3.05) is 0 Å². The number of hydrogen-bond acceptors (Lipinski definition) is 2. The van der Waals surface area contributed by atoms with Crippen molar-refractivity contribution < 1.29 is 23.1 Å². The van der Waals surface area contributed by atoms with E-state index in [1.54, 1.807) is 49.4 Å². The number of benzene rings is 2. The van der Waals surface area contributed by atoms with E-state index in [1.807, 2.05) is 6.92 Å². The molecule has 0 atom stereocenters. The van der Waals surface area contributed by atoms with Crippen molar-refractivity contribution in [3.8, 4) is 11.1 Å². The van der Waals surface area contributed by atoms with Gasteiger partial charge in [-0.3, -0.25) is 9.13 Å². The maximum atomic E-state index is 14.0. The first-order valence-electron chi connectivity index (χ1n) is 11.5. The Hall–Kier alpha value is -3.29. The number of halogens is 3. The molecule has 0 fully saturated rings. The number of carboxylic acids is 1. The van der Waals surface area contributed by atoms with Gasteiger partial charge >= 0.3 is 17.8 Å². The summed E-state index contributed by atoms with van der Waals surface area (Å²) < 4.78 is 44.1. The molecule has 0 spiro atoms. The summed E-state index contributed by atoms with van der Waals surface area (Å²) in [5.74, 6) is -1.04. The Morgan fingerprint density at radius 3 is 2.21 bits per heavy atom. The second-order valence-corrected chi connectivity index (χ2v) is 8.32. The molecule has 0 aliphatic rings. The van der Waals surface area contributed by atoms with Gasteiger partial charge in [-0.25, -0.2) is 9.59 Å². The fourth-order valence-corrected chi connectivity index (χ4v) is 4.23. The van der Waals surface area contributed by atoms with Crippen LogP contribution in [-0.2, 0) is 25.7 Å². The Balaban J connectivity index is 2.01. The van der Waals surface area contributed by atoms with Gasteiger partial charge < -0.3 is 5.11 Å². The normalized spacial score (nSPS) is 11.7. The van der Waals surface area contributed by atoms with Crippen LogP contribution in [0.4, 0.5) is 13.2 Å². The summed E-state index contributed by atoms with van der Waals surface area (Å²) >= 11 is 0. The van der Waals surface area contributed by atoms with Gasteiger partial charge in [0.2, 0.25) is 0 Å². The summed E-state index contributed by atoms with van der Waals surface area (Å²) in [6.45, 7) is 3.80. The Morgan fingerprint density at radius 2 is 1.62 bits per heavy atom. The third kappa shape index (κ3) is 5.43. The molecule has 0 aliphatic heterocycles. The van der Waals surface area contributed by atoms with E-state index in [0.29, 0.717) is 29.5 Å². The van der Waals surface area contributed by atoms with Gasteiger partial charge in [0.05, 0.1) is 17.8 Å². The maximum absolute atomic E-state index is 14.0. The molecule has 0 saturated carbocycles. The van der Waals surface area contributed by atoms with Crippen LogP contribution in [0.5, 0.6) is 0 Å². The standard InChI is InChI=1S/C26H29F3N2O3/c1-3-5-8-16-30-23(26(27,28)29)22(9-4-2)31(25(30)34)17-18-12-14-19(15-13-18)20-10-6-7-11-21(20)24(32)33/h6-7,10-15H,3-5,8-9,16-17H2,1-2H3,(H,32,33). The Bertz CT molecular complexity index is 1190. The molecule has 1 N–H and O–H groups in total. The molecule has 0 amide bonds. The van der Waals surface area contributed by atoms with Gasteiger partial charge in [0.1, 0.15) is 5.69 Å². The van der Waals surface area contributed by atoms with Crippen molar-refractivity contribution in [3.05, 3.63) is 81.5 Å². The van der Waals surface area contributed by atoms with E-state index in [4.69, 9.17) is 0 Å². The molecule has 2 aromatic carbocycles. The lowest BCUT2D eigenvalue weighted by Gasteiger charge is -2.13. The lowest BCUT2D eigenvalue weighted by molar-refractivity contribution is -0.144. The minimum Gasteiger partial charge on any atom is -0.478 e. The zero-order valence-electron chi connectivity index (χ0n) is 19.4. The summed E-state index contributed by atoms with van der Waals surface area (Å²) in [5, 5.41) is 9.43. The average Bonchev–Trinajstić information content (AvgIpc) is 3.06. The number of hydrogen-bond donors (Lipinski definition) is 1. The first kappa shape index (κ1) is 25.3. The molecule has 5 nitrogen and oxygen atoms in total. The van der Waals surface area contributed by atoms with Gasteiger partial charge in [-0.2, -0.15) is 13.2 Å². The van der Waals surface area contributed by atoms with Crippen molar-refractivity contribution in [3.63, 3.8) is 0 Å². The molecule has 8 heteroatoms. The molecule has 0 radical (unpaired) electrons. The van der Waals surface area contributed by atoms with Crippen molar-refractivity contribution in [1.82, 2.24) is 9.13 Å². The summed E-state index contributed by atoms with van der Waals surface area (Å²) in [7, 11) is 0. The highest BCUT2D eigenvalue weighted by Crippen LogP contribution is 2.33. The van der Waals surface area contributed by atoms with Crippen molar-refractivity contribution >= 4 is 5.97 Å². The molecule has 0 unspecified atom stereocenters.